The third kappa shape index (κ3) is 4.28. The van der Waals surface area contributed by atoms with Crippen LogP contribution in [0.15, 0.2) is 29.3 Å². The number of hydrogen-bond donors (Lipinski definition) is 1. The molecule has 2 aromatic heterocycles. The number of anilines is 2. The summed E-state index contributed by atoms with van der Waals surface area (Å²) in [6.45, 7) is 5.57. The summed E-state index contributed by atoms with van der Waals surface area (Å²) in [5, 5.41) is 8.36. The number of nitrogens with zero attached hydrogens (tertiary/aromatic N) is 5. The molecule has 3 heterocycles. The van der Waals surface area contributed by atoms with Gasteiger partial charge in [0.1, 0.15) is 5.82 Å². The molecule has 1 aliphatic heterocycles. The minimum Gasteiger partial charge on any atom is -0.352 e. The van der Waals surface area contributed by atoms with Gasteiger partial charge in [0.15, 0.2) is 0 Å². The molecule has 0 amide bonds. The summed E-state index contributed by atoms with van der Waals surface area (Å²) >= 11 is 5.82. The van der Waals surface area contributed by atoms with E-state index in [1.165, 1.54) is 11.1 Å². The molecule has 0 radical (unpaired) electrons. The molecule has 1 aliphatic rings. The van der Waals surface area contributed by atoms with E-state index in [0.29, 0.717) is 17.5 Å². The van der Waals surface area contributed by atoms with E-state index in [1.54, 1.807) is 18.5 Å². The van der Waals surface area contributed by atoms with E-state index in [1.807, 2.05) is 19.9 Å². The van der Waals surface area contributed by atoms with Gasteiger partial charge in [-0.05, 0) is 39.2 Å². The van der Waals surface area contributed by atoms with Gasteiger partial charge in [-0.3, -0.25) is 4.79 Å². The fraction of sp³-hybridized carbons (Fsp3) is 0.529. The second-order valence-corrected chi connectivity index (χ2v) is 6.95. The maximum atomic E-state index is 12.0. The fourth-order valence-corrected chi connectivity index (χ4v) is 3.16. The molecule has 1 fully saturated rings. The Morgan fingerprint density at radius 2 is 2.04 bits per heavy atom. The van der Waals surface area contributed by atoms with Crippen LogP contribution in [-0.4, -0.2) is 38.9 Å². The zero-order valence-corrected chi connectivity index (χ0v) is 15.3. The van der Waals surface area contributed by atoms with E-state index in [9.17, 15) is 4.79 Å². The van der Waals surface area contributed by atoms with E-state index in [-0.39, 0.29) is 17.6 Å². The van der Waals surface area contributed by atoms with Crippen LogP contribution >= 0.6 is 11.6 Å². The van der Waals surface area contributed by atoms with Crippen LogP contribution in [-0.2, 0) is 0 Å². The van der Waals surface area contributed by atoms with Gasteiger partial charge in [0, 0.05) is 25.2 Å². The SMILES string of the molecule is CC(C)n1nc(N2CCCCC2CNc2ncc(Cl)cn2)ccc1=O. The van der Waals surface area contributed by atoms with Gasteiger partial charge in [0.05, 0.1) is 23.5 Å². The molecule has 1 unspecified atom stereocenters. The molecule has 7 nitrogen and oxygen atoms in total. The lowest BCUT2D eigenvalue weighted by Gasteiger charge is -2.36. The van der Waals surface area contributed by atoms with Crippen molar-refractivity contribution in [3.63, 3.8) is 0 Å². The first-order valence-corrected chi connectivity index (χ1v) is 9.00. The molecule has 0 spiro atoms. The molecule has 25 heavy (non-hydrogen) atoms. The molecule has 2 aromatic rings. The molecule has 134 valence electrons. The molecule has 0 aliphatic carbocycles. The van der Waals surface area contributed by atoms with Crippen LogP contribution in [0.25, 0.3) is 0 Å². The first kappa shape index (κ1) is 17.7. The third-order valence-corrected chi connectivity index (χ3v) is 4.53. The summed E-state index contributed by atoms with van der Waals surface area (Å²) in [5.74, 6) is 1.41. The third-order valence-electron chi connectivity index (χ3n) is 4.34. The number of piperidine rings is 1. The molecule has 1 saturated heterocycles. The van der Waals surface area contributed by atoms with E-state index in [0.717, 1.165) is 25.2 Å². The number of rotatable bonds is 5. The molecule has 0 saturated carbocycles. The fourth-order valence-electron chi connectivity index (χ4n) is 3.07. The number of halogens is 1. The lowest BCUT2D eigenvalue weighted by atomic mass is 10.0. The average Bonchev–Trinajstić information content (AvgIpc) is 2.62. The summed E-state index contributed by atoms with van der Waals surface area (Å²) < 4.78 is 1.54. The Labute approximate surface area is 152 Å². The summed E-state index contributed by atoms with van der Waals surface area (Å²) in [6, 6.07) is 3.73. The lowest BCUT2D eigenvalue weighted by Crippen LogP contribution is -2.45. The average molecular weight is 363 g/mol. The smallest absolute Gasteiger partial charge is 0.267 e. The quantitative estimate of drug-likeness (QED) is 0.881. The second-order valence-electron chi connectivity index (χ2n) is 6.52. The van der Waals surface area contributed by atoms with Crippen molar-refractivity contribution in [3.8, 4) is 0 Å². The highest BCUT2D eigenvalue weighted by atomic mass is 35.5. The molecule has 1 atom stereocenters. The standard InChI is InChI=1S/C17H23ClN6O/c1-12(2)24-16(25)7-6-15(22-24)23-8-4-3-5-14(23)11-21-17-19-9-13(18)10-20-17/h6-7,9-10,12,14H,3-5,8,11H2,1-2H3,(H,19,20,21). The Kier molecular flexibility index (Phi) is 5.53. The predicted molar refractivity (Wildman–Crippen MR) is 99.4 cm³/mol. The normalized spacial score (nSPS) is 17.8. The van der Waals surface area contributed by atoms with Crippen molar-refractivity contribution < 1.29 is 0 Å². The van der Waals surface area contributed by atoms with Crippen molar-refractivity contribution in [2.24, 2.45) is 0 Å². The minimum atomic E-state index is -0.0694. The number of nitrogens with one attached hydrogen (secondary N) is 1. The van der Waals surface area contributed by atoms with Gasteiger partial charge >= 0.3 is 0 Å². The maximum absolute atomic E-state index is 12.0. The summed E-state index contributed by atoms with van der Waals surface area (Å²) in [5.41, 5.74) is -0.0694. The summed E-state index contributed by atoms with van der Waals surface area (Å²) in [4.78, 5) is 22.6. The van der Waals surface area contributed by atoms with Gasteiger partial charge in [0.2, 0.25) is 5.95 Å². The number of aromatic nitrogens is 4. The highest BCUT2D eigenvalue weighted by Gasteiger charge is 2.24. The highest BCUT2D eigenvalue weighted by Crippen LogP contribution is 2.23. The van der Waals surface area contributed by atoms with E-state index >= 15 is 0 Å². The highest BCUT2D eigenvalue weighted by molar-refractivity contribution is 6.30. The predicted octanol–water partition coefficient (Wildman–Crippen LogP) is 2.74. The van der Waals surface area contributed by atoms with Crippen molar-refractivity contribution >= 4 is 23.4 Å². The zero-order valence-electron chi connectivity index (χ0n) is 14.5. The topological polar surface area (TPSA) is 75.9 Å². The van der Waals surface area contributed by atoms with Crippen molar-refractivity contribution in [3.05, 3.63) is 39.9 Å². The molecule has 3 rings (SSSR count). The first-order chi connectivity index (χ1) is 12.0. The van der Waals surface area contributed by atoms with Gasteiger partial charge < -0.3 is 10.2 Å². The second kappa shape index (κ2) is 7.82. The largest absolute Gasteiger partial charge is 0.352 e. The van der Waals surface area contributed by atoms with Crippen LogP contribution in [0.5, 0.6) is 0 Å². The number of hydrogen-bond acceptors (Lipinski definition) is 6. The Hall–Kier alpha value is -2.15. The summed E-state index contributed by atoms with van der Waals surface area (Å²) in [6.07, 6.45) is 6.51. The Balaban J connectivity index is 1.75. The molecule has 8 heteroatoms. The van der Waals surface area contributed by atoms with Gasteiger partial charge in [-0.2, -0.15) is 5.10 Å². The van der Waals surface area contributed by atoms with E-state index in [4.69, 9.17) is 11.6 Å². The van der Waals surface area contributed by atoms with Gasteiger partial charge in [-0.25, -0.2) is 14.6 Å². The van der Waals surface area contributed by atoms with Crippen LogP contribution in [0.4, 0.5) is 11.8 Å². The Morgan fingerprint density at radius 1 is 1.28 bits per heavy atom. The zero-order chi connectivity index (χ0) is 17.8. The van der Waals surface area contributed by atoms with Gasteiger partial charge in [-0.1, -0.05) is 11.6 Å². The van der Waals surface area contributed by atoms with Crippen molar-refractivity contribution in [1.82, 2.24) is 19.7 Å². The maximum Gasteiger partial charge on any atom is 0.267 e. The van der Waals surface area contributed by atoms with Crippen LogP contribution < -0.4 is 15.8 Å². The summed E-state index contributed by atoms with van der Waals surface area (Å²) in [7, 11) is 0. The van der Waals surface area contributed by atoms with Crippen LogP contribution in [0.1, 0.15) is 39.2 Å². The van der Waals surface area contributed by atoms with Crippen molar-refractivity contribution in [2.75, 3.05) is 23.3 Å². The van der Waals surface area contributed by atoms with Crippen molar-refractivity contribution in [1.29, 1.82) is 0 Å². The molecule has 1 N–H and O–H groups in total. The molecular weight excluding hydrogens is 340 g/mol. The Morgan fingerprint density at radius 3 is 2.76 bits per heavy atom. The van der Waals surface area contributed by atoms with Gasteiger partial charge in [-0.15, -0.1) is 0 Å². The minimum absolute atomic E-state index is 0.0382. The monoisotopic (exact) mass is 362 g/mol. The van der Waals surface area contributed by atoms with Crippen LogP contribution in [0.2, 0.25) is 5.02 Å². The van der Waals surface area contributed by atoms with Crippen LogP contribution in [0.3, 0.4) is 0 Å². The van der Waals surface area contributed by atoms with Crippen LogP contribution in [0, 0.1) is 0 Å². The van der Waals surface area contributed by atoms with E-state index < -0.39 is 0 Å². The lowest BCUT2D eigenvalue weighted by molar-refractivity contribution is 0.451. The molecular formula is C17H23ClN6O. The van der Waals surface area contributed by atoms with E-state index in [2.05, 4.69) is 25.3 Å². The molecule has 0 aromatic carbocycles. The molecule has 0 bridgehead atoms. The van der Waals surface area contributed by atoms with Crippen molar-refractivity contribution in [2.45, 2.75) is 45.2 Å². The van der Waals surface area contributed by atoms with Gasteiger partial charge in [0.25, 0.3) is 5.56 Å². The first-order valence-electron chi connectivity index (χ1n) is 8.62. The Bertz CT molecular complexity index is 760.